The predicted molar refractivity (Wildman–Crippen MR) is 74.1 cm³/mol. The SMILES string of the molecule is CCC(O)C(C)N1CCCC(C(C)(C)C)CC1. The molecule has 0 aromatic heterocycles. The Morgan fingerprint density at radius 3 is 2.41 bits per heavy atom. The zero-order valence-electron chi connectivity index (χ0n) is 12.4. The van der Waals surface area contributed by atoms with Gasteiger partial charge in [-0.2, -0.15) is 0 Å². The molecule has 2 heteroatoms. The van der Waals surface area contributed by atoms with Crippen LogP contribution in [0.5, 0.6) is 0 Å². The van der Waals surface area contributed by atoms with Gasteiger partial charge < -0.3 is 5.11 Å². The Bertz CT molecular complexity index is 221. The monoisotopic (exact) mass is 241 g/mol. The lowest BCUT2D eigenvalue weighted by Crippen LogP contribution is -2.42. The molecule has 3 atom stereocenters. The van der Waals surface area contributed by atoms with Gasteiger partial charge in [-0.3, -0.25) is 4.90 Å². The number of hydrogen-bond acceptors (Lipinski definition) is 2. The van der Waals surface area contributed by atoms with Crippen molar-refractivity contribution >= 4 is 0 Å². The molecule has 0 amide bonds. The number of likely N-dealkylation sites (tertiary alicyclic amines) is 1. The second-order valence-electron chi connectivity index (χ2n) is 6.75. The molecule has 1 aliphatic heterocycles. The van der Waals surface area contributed by atoms with Crippen LogP contribution in [0.2, 0.25) is 0 Å². The molecule has 1 aliphatic rings. The van der Waals surface area contributed by atoms with Gasteiger partial charge in [-0.05, 0) is 57.0 Å². The topological polar surface area (TPSA) is 23.5 Å². The van der Waals surface area contributed by atoms with Crippen LogP contribution in [0.4, 0.5) is 0 Å². The van der Waals surface area contributed by atoms with Crippen LogP contribution in [-0.4, -0.2) is 35.2 Å². The van der Waals surface area contributed by atoms with E-state index >= 15 is 0 Å². The van der Waals surface area contributed by atoms with Gasteiger partial charge in [0, 0.05) is 6.04 Å². The molecule has 0 aromatic carbocycles. The average molecular weight is 241 g/mol. The number of aliphatic hydroxyl groups is 1. The molecule has 1 N–H and O–H groups in total. The number of nitrogens with zero attached hydrogens (tertiary/aromatic N) is 1. The molecule has 0 bridgehead atoms. The first kappa shape index (κ1) is 15.0. The van der Waals surface area contributed by atoms with Crippen molar-refractivity contribution in [2.75, 3.05) is 13.1 Å². The third-order valence-corrected chi connectivity index (χ3v) is 4.54. The largest absolute Gasteiger partial charge is 0.392 e. The van der Waals surface area contributed by atoms with E-state index in [0.717, 1.165) is 25.4 Å². The first-order valence-electron chi connectivity index (χ1n) is 7.28. The Morgan fingerprint density at radius 2 is 1.88 bits per heavy atom. The Morgan fingerprint density at radius 1 is 1.24 bits per heavy atom. The van der Waals surface area contributed by atoms with E-state index in [1.165, 1.54) is 19.3 Å². The van der Waals surface area contributed by atoms with Crippen molar-refractivity contribution in [2.24, 2.45) is 11.3 Å². The Hall–Kier alpha value is -0.0800. The van der Waals surface area contributed by atoms with E-state index in [1.807, 2.05) is 0 Å². The zero-order valence-corrected chi connectivity index (χ0v) is 12.4. The molecular formula is C15H31NO. The van der Waals surface area contributed by atoms with Gasteiger partial charge in [-0.15, -0.1) is 0 Å². The van der Waals surface area contributed by atoms with Crippen LogP contribution in [-0.2, 0) is 0 Å². The summed E-state index contributed by atoms with van der Waals surface area (Å²) in [5, 5.41) is 9.95. The lowest BCUT2D eigenvalue weighted by Gasteiger charge is -2.32. The summed E-state index contributed by atoms with van der Waals surface area (Å²) >= 11 is 0. The summed E-state index contributed by atoms with van der Waals surface area (Å²) in [6.45, 7) is 13.6. The van der Waals surface area contributed by atoms with Gasteiger partial charge in [-0.25, -0.2) is 0 Å². The van der Waals surface area contributed by atoms with Crippen molar-refractivity contribution in [1.29, 1.82) is 0 Å². The van der Waals surface area contributed by atoms with Gasteiger partial charge in [0.25, 0.3) is 0 Å². The predicted octanol–water partition coefficient (Wildman–Crippen LogP) is 3.29. The molecule has 1 rings (SSSR count). The van der Waals surface area contributed by atoms with Crippen molar-refractivity contribution in [1.82, 2.24) is 4.90 Å². The molecule has 0 saturated carbocycles. The fourth-order valence-corrected chi connectivity index (χ4v) is 2.98. The highest BCUT2D eigenvalue weighted by atomic mass is 16.3. The van der Waals surface area contributed by atoms with E-state index in [-0.39, 0.29) is 6.10 Å². The minimum atomic E-state index is -0.166. The second-order valence-corrected chi connectivity index (χ2v) is 6.75. The van der Waals surface area contributed by atoms with Crippen LogP contribution in [0.3, 0.4) is 0 Å². The highest BCUT2D eigenvalue weighted by molar-refractivity contribution is 4.82. The van der Waals surface area contributed by atoms with Gasteiger partial charge in [0.1, 0.15) is 0 Å². The third kappa shape index (κ3) is 4.26. The summed E-state index contributed by atoms with van der Waals surface area (Å²) in [7, 11) is 0. The maximum atomic E-state index is 9.95. The minimum absolute atomic E-state index is 0.166. The van der Waals surface area contributed by atoms with Crippen LogP contribution in [0.25, 0.3) is 0 Å². The number of aliphatic hydroxyl groups excluding tert-OH is 1. The molecule has 0 spiro atoms. The quantitative estimate of drug-likeness (QED) is 0.819. The Labute approximate surface area is 107 Å². The molecule has 3 unspecified atom stereocenters. The molecule has 17 heavy (non-hydrogen) atoms. The smallest absolute Gasteiger partial charge is 0.0690 e. The van der Waals surface area contributed by atoms with Crippen molar-refractivity contribution in [3.63, 3.8) is 0 Å². The maximum Gasteiger partial charge on any atom is 0.0690 e. The first-order chi connectivity index (χ1) is 7.86. The van der Waals surface area contributed by atoms with Crippen LogP contribution in [0.15, 0.2) is 0 Å². The highest BCUT2D eigenvalue weighted by Gasteiger charge is 2.29. The van der Waals surface area contributed by atoms with Crippen molar-refractivity contribution in [2.45, 2.75) is 72.4 Å². The van der Waals surface area contributed by atoms with E-state index in [2.05, 4.69) is 39.5 Å². The lowest BCUT2D eigenvalue weighted by atomic mass is 9.77. The third-order valence-electron chi connectivity index (χ3n) is 4.54. The summed E-state index contributed by atoms with van der Waals surface area (Å²) in [5.41, 5.74) is 0.433. The van der Waals surface area contributed by atoms with E-state index in [0.29, 0.717) is 11.5 Å². The highest BCUT2D eigenvalue weighted by Crippen LogP contribution is 2.34. The number of hydrogen-bond donors (Lipinski definition) is 1. The van der Waals surface area contributed by atoms with Gasteiger partial charge in [0.2, 0.25) is 0 Å². The summed E-state index contributed by atoms with van der Waals surface area (Å²) in [6, 6.07) is 0.318. The van der Waals surface area contributed by atoms with Gasteiger partial charge in [0.05, 0.1) is 6.10 Å². The number of rotatable bonds is 3. The van der Waals surface area contributed by atoms with Crippen LogP contribution >= 0.6 is 0 Å². The maximum absolute atomic E-state index is 9.95. The minimum Gasteiger partial charge on any atom is -0.392 e. The second kappa shape index (κ2) is 6.19. The molecule has 102 valence electrons. The molecular weight excluding hydrogens is 210 g/mol. The molecule has 1 saturated heterocycles. The normalized spacial score (nSPS) is 27.5. The van der Waals surface area contributed by atoms with E-state index in [9.17, 15) is 5.11 Å². The Kier molecular flexibility index (Phi) is 5.46. The molecule has 0 radical (unpaired) electrons. The fraction of sp³-hybridized carbons (Fsp3) is 1.00. The van der Waals surface area contributed by atoms with Crippen molar-refractivity contribution < 1.29 is 5.11 Å². The van der Waals surface area contributed by atoms with Crippen LogP contribution < -0.4 is 0 Å². The standard InChI is InChI=1S/C15H31NO/c1-6-14(17)12(2)16-10-7-8-13(9-11-16)15(3,4)5/h12-14,17H,6-11H2,1-5H3. The van der Waals surface area contributed by atoms with Crippen molar-refractivity contribution in [3.8, 4) is 0 Å². The molecule has 0 aliphatic carbocycles. The summed E-state index contributed by atoms with van der Waals surface area (Å²) in [5.74, 6) is 0.832. The van der Waals surface area contributed by atoms with Gasteiger partial charge in [0.15, 0.2) is 0 Å². The lowest BCUT2D eigenvalue weighted by molar-refractivity contribution is 0.0561. The average Bonchev–Trinajstić information content (AvgIpc) is 2.51. The van der Waals surface area contributed by atoms with Crippen molar-refractivity contribution in [3.05, 3.63) is 0 Å². The molecule has 0 aromatic rings. The van der Waals surface area contributed by atoms with Crippen LogP contribution in [0, 0.1) is 11.3 Å². The van der Waals surface area contributed by atoms with E-state index < -0.39 is 0 Å². The summed E-state index contributed by atoms with van der Waals surface area (Å²) < 4.78 is 0. The fourth-order valence-electron chi connectivity index (χ4n) is 2.98. The molecule has 1 heterocycles. The summed E-state index contributed by atoms with van der Waals surface area (Å²) in [4.78, 5) is 2.49. The van der Waals surface area contributed by atoms with Crippen LogP contribution in [0.1, 0.15) is 60.3 Å². The van der Waals surface area contributed by atoms with E-state index in [4.69, 9.17) is 0 Å². The van der Waals surface area contributed by atoms with Gasteiger partial charge in [-0.1, -0.05) is 27.7 Å². The Balaban J connectivity index is 2.53. The first-order valence-corrected chi connectivity index (χ1v) is 7.28. The van der Waals surface area contributed by atoms with Gasteiger partial charge >= 0.3 is 0 Å². The van der Waals surface area contributed by atoms with E-state index in [1.54, 1.807) is 0 Å². The zero-order chi connectivity index (χ0) is 13.1. The molecule has 1 fully saturated rings. The summed E-state index contributed by atoms with van der Waals surface area (Å²) in [6.07, 6.45) is 4.60. The molecule has 2 nitrogen and oxygen atoms in total.